The van der Waals surface area contributed by atoms with Crippen molar-refractivity contribution < 1.29 is 4.39 Å². The topological polar surface area (TPSA) is 29.3 Å². The number of hydrogen-bond donors (Lipinski definition) is 1. The third-order valence-corrected chi connectivity index (χ3v) is 2.94. The second-order valence-corrected chi connectivity index (χ2v) is 4.53. The molecule has 0 aromatic heterocycles. The Hall–Kier alpha value is -2.03. The average Bonchev–Trinajstić information content (AvgIpc) is 2.28. The van der Waals surface area contributed by atoms with Gasteiger partial charge in [-0.05, 0) is 48.4 Å². The van der Waals surface area contributed by atoms with Crippen molar-refractivity contribution in [3.8, 4) is 0 Å². The lowest BCUT2D eigenvalue weighted by Gasteiger charge is -2.21. The Labute approximate surface area is 107 Å². The van der Waals surface area contributed by atoms with Gasteiger partial charge in [0.2, 0.25) is 0 Å². The van der Waals surface area contributed by atoms with E-state index in [2.05, 4.69) is 4.90 Å². The molecule has 2 rings (SSSR count). The standard InChI is InChI=1S/C15H17FN2/c1-11-8-14(17)6-7-15(11)18(2)10-12-4-3-5-13(16)9-12/h3-9H,10,17H2,1-2H3. The molecule has 0 aliphatic heterocycles. The smallest absolute Gasteiger partial charge is 0.123 e. The maximum absolute atomic E-state index is 13.1. The van der Waals surface area contributed by atoms with Crippen LogP contribution in [0.2, 0.25) is 0 Å². The van der Waals surface area contributed by atoms with E-state index in [1.807, 2.05) is 38.2 Å². The van der Waals surface area contributed by atoms with Crippen LogP contribution in [0.5, 0.6) is 0 Å². The molecule has 0 atom stereocenters. The van der Waals surface area contributed by atoms with Crippen LogP contribution in [0.1, 0.15) is 11.1 Å². The van der Waals surface area contributed by atoms with Crippen LogP contribution in [0.15, 0.2) is 42.5 Å². The van der Waals surface area contributed by atoms with Crippen molar-refractivity contribution in [3.05, 3.63) is 59.4 Å². The van der Waals surface area contributed by atoms with Crippen molar-refractivity contribution >= 4 is 11.4 Å². The Kier molecular flexibility index (Phi) is 3.51. The van der Waals surface area contributed by atoms with E-state index in [1.54, 1.807) is 12.1 Å². The number of aryl methyl sites for hydroxylation is 1. The summed E-state index contributed by atoms with van der Waals surface area (Å²) in [5.74, 6) is -0.199. The third kappa shape index (κ3) is 2.80. The molecule has 0 radical (unpaired) electrons. The second-order valence-electron chi connectivity index (χ2n) is 4.53. The number of nitrogen functional groups attached to an aromatic ring is 1. The Bertz CT molecular complexity index is 552. The summed E-state index contributed by atoms with van der Waals surface area (Å²) < 4.78 is 13.1. The van der Waals surface area contributed by atoms with Gasteiger partial charge in [-0.25, -0.2) is 4.39 Å². The van der Waals surface area contributed by atoms with Crippen molar-refractivity contribution in [1.29, 1.82) is 0 Å². The highest BCUT2D eigenvalue weighted by Crippen LogP contribution is 2.22. The van der Waals surface area contributed by atoms with Crippen LogP contribution in [0.4, 0.5) is 15.8 Å². The van der Waals surface area contributed by atoms with Gasteiger partial charge in [0.25, 0.3) is 0 Å². The first-order chi connectivity index (χ1) is 8.56. The fraction of sp³-hybridized carbons (Fsp3) is 0.200. The van der Waals surface area contributed by atoms with Crippen molar-refractivity contribution in [2.75, 3.05) is 17.7 Å². The van der Waals surface area contributed by atoms with E-state index in [1.165, 1.54) is 6.07 Å². The largest absolute Gasteiger partial charge is 0.399 e. The molecule has 2 N–H and O–H groups in total. The van der Waals surface area contributed by atoms with Crippen LogP contribution in [-0.2, 0) is 6.54 Å². The predicted molar refractivity (Wildman–Crippen MR) is 74.1 cm³/mol. The fourth-order valence-electron chi connectivity index (χ4n) is 2.10. The summed E-state index contributed by atoms with van der Waals surface area (Å²) in [4.78, 5) is 2.09. The lowest BCUT2D eigenvalue weighted by Crippen LogP contribution is -2.17. The summed E-state index contributed by atoms with van der Waals surface area (Å²) in [7, 11) is 1.99. The van der Waals surface area contributed by atoms with E-state index in [0.717, 1.165) is 22.5 Å². The normalized spacial score (nSPS) is 10.4. The Morgan fingerprint density at radius 1 is 1.17 bits per heavy atom. The van der Waals surface area contributed by atoms with Gasteiger partial charge in [0, 0.05) is 25.0 Å². The number of hydrogen-bond acceptors (Lipinski definition) is 2. The summed E-state index contributed by atoms with van der Waals surface area (Å²) in [6.45, 7) is 2.69. The molecule has 0 unspecified atom stereocenters. The quantitative estimate of drug-likeness (QED) is 0.839. The van der Waals surface area contributed by atoms with Gasteiger partial charge in [0.1, 0.15) is 5.82 Å². The zero-order valence-electron chi connectivity index (χ0n) is 10.7. The highest BCUT2D eigenvalue weighted by Gasteiger charge is 2.06. The highest BCUT2D eigenvalue weighted by atomic mass is 19.1. The summed E-state index contributed by atoms with van der Waals surface area (Å²) in [6.07, 6.45) is 0. The van der Waals surface area contributed by atoms with Crippen molar-refractivity contribution in [2.45, 2.75) is 13.5 Å². The number of anilines is 2. The molecule has 2 aromatic rings. The van der Waals surface area contributed by atoms with Gasteiger partial charge in [-0.1, -0.05) is 12.1 Å². The summed E-state index contributed by atoms with van der Waals surface area (Å²) in [5, 5.41) is 0. The summed E-state index contributed by atoms with van der Waals surface area (Å²) >= 11 is 0. The maximum atomic E-state index is 13.1. The molecule has 18 heavy (non-hydrogen) atoms. The Balaban J connectivity index is 2.19. The van der Waals surface area contributed by atoms with Gasteiger partial charge in [0.05, 0.1) is 0 Å². The first-order valence-electron chi connectivity index (χ1n) is 5.88. The SMILES string of the molecule is Cc1cc(N)ccc1N(C)Cc1cccc(F)c1. The van der Waals surface area contributed by atoms with E-state index in [4.69, 9.17) is 5.73 Å². The lowest BCUT2D eigenvalue weighted by atomic mass is 10.1. The van der Waals surface area contributed by atoms with Crippen LogP contribution >= 0.6 is 0 Å². The van der Waals surface area contributed by atoms with Crippen LogP contribution < -0.4 is 10.6 Å². The number of rotatable bonds is 3. The minimum Gasteiger partial charge on any atom is -0.399 e. The molecule has 0 saturated carbocycles. The minimum absolute atomic E-state index is 0.199. The molecule has 0 saturated heterocycles. The molecule has 0 spiro atoms. The second kappa shape index (κ2) is 5.08. The Morgan fingerprint density at radius 2 is 1.94 bits per heavy atom. The number of halogens is 1. The van der Waals surface area contributed by atoms with E-state index in [9.17, 15) is 4.39 Å². The molecule has 0 bridgehead atoms. The van der Waals surface area contributed by atoms with Gasteiger partial charge in [-0.2, -0.15) is 0 Å². The summed E-state index contributed by atoms with van der Waals surface area (Å²) in [6, 6.07) is 12.5. The monoisotopic (exact) mass is 244 g/mol. The van der Waals surface area contributed by atoms with Gasteiger partial charge in [-0.3, -0.25) is 0 Å². The van der Waals surface area contributed by atoms with Crippen molar-refractivity contribution in [2.24, 2.45) is 0 Å². The van der Waals surface area contributed by atoms with Crippen molar-refractivity contribution in [3.63, 3.8) is 0 Å². The molecule has 2 nitrogen and oxygen atoms in total. The van der Waals surface area contributed by atoms with Crippen LogP contribution in [0, 0.1) is 12.7 Å². The number of nitrogens with two attached hydrogens (primary N) is 1. The van der Waals surface area contributed by atoms with Gasteiger partial charge < -0.3 is 10.6 Å². The van der Waals surface area contributed by atoms with Gasteiger partial charge >= 0.3 is 0 Å². The molecule has 2 aromatic carbocycles. The molecule has 94 valence electrons. The van der Waals surface area contributed by atoms with Crippen LogP contribution in [0.3, 0.4) is 0 Å². The third-order valence-electron chi connectivity index (χ3n) is 2.94. The number of nitrogens with zero attached hydrogens (tertiary/aromatic N) is 1. The van der Waals surface area contributed by atoms with Crippen molar-refractivity contribution in [1.82, 2.24) is 0 Å². The zero-order valence-corrected chi connectivity index (χ0v) is 10.7. The minimum atomic E-state index is -0.199. The molecular formula is C15H17FN2. The van der Waals surface area contributed by atoms with E-state index in [0.29, 0.717) is 6.54 Å². The van der Waals surface area contributed by atoms with Gasteiger partial charge in [-0.15, -0.1) is 0 Å². The van der Waals surface area contributed by atoms with Crippen LogP contribution in [-0.4, -0.2) is 7.05 Å². The molecular weight excluding hydrogens is 227 g/mol. The fourth-order valence-corrected chi connectivity index (χ4v) is 2.10. The van der Waals surface area contributed by atoms with E-state index < -0.39 is 0 Å². The molecule has 0 aliphatic carbocycles. The summed E-state index contributed by atoms with van der Waals surface area (Å²) in [5.41, 5.74) is 9.67. The van der Waals surface area contributed by atoms with Crippen LogP contribution in [0.25, 0.3) is 0 Å². The Morgan fingerprint density at radius 3 is 2.61 bits per heavy atom. The molecule has 0 aliphatic rings. The van der Waals surface area contributed by atoms with E-state index >= 15 is 0 Å². The molecule has 0 heterocycles. The predicted octanol–water partition coefficient (Wildman–Crippen LogP) is 3.35. The maximum Gasteiger partial charge on any atom is 0.123 e. The first kappa shape index (κ1) is 12.4. The zero-order chi connectivity index (χ0) is 13.1. The van der Waals surface area contributed by atoms with Gasteiger partial charge in [0.15, 0.2) is 0 Å². The molecule has 0 amide bonds. The lowest BCUT2D eigenvalue weighted by molar-refractivity contribution is 0.625. The average molecular weight is 244 g/mol. The van der Waals surface area contributed by atoms with E-state index in [-0.39, 0.29) is 5.82 Å². The first-order valence-corrected chi connectivity index (χ1v) is 5.88. The highest BCUT2D eigenvalue weighted by molar-refractivity contribution is 5.58. The molecule has 0 fully saturated rings. The number of benzene rings is 2. The molecule has 3 heteroatoms.